The summed E-state index contributed by atoms with van der Waals surface area (Å²) in [5.41, 5.74) is 0.447. The fourth-order valence-electron chi connectivity index (χ4n) is 1.83. The molecule has 0 atom stereocenters. The average molecular weight is 344 g/mol. The molecule has 0 bridgehead atoms. The van der Waals surface area contributed by atoms with Crippen LogP contribution in [0.5, 0.6) is 0 Å². The largest absolute Gasteiger partial charge is 0.329 e. The first-order chi connectivity index (χ1) is 9.04. The number of benzene rings is 1. The van der Waals surface area contributed by atoms with Gasteiger partial charge in [0, 0.05) is 4.47 Å². The first-order valence-electron chi connectivity index (χ1n) is 5.79. The molecule has 0 unspecified atom stereocenters. The van der Waals surface area contributed by atoms with Crippen LogP contribution in [0.3, 0.4) is 0 Å². The lowest BCUT2D eigenvalue weighted by Crippen LogP contribution is -2.37. The predicted octanol–water partition coefficient (Wildman–Crippen LogP) is 2.56. The number of nitrogens with zero attached hydrogens (tertiary/aromatic N) is 1. The van der Waals surface area contributed by atoms with E-state index in [1.807, 2.05) is 31.2 Å². The Morgan fingerprint density at radius 1 is 1.32 bits per heavy atom. The molecule has 1 N–H and O–H groups in total. The molecule has 19 heavy (non-hydrogen) atoms. The van der Waals surface area contributed by atoms with Gasteiger partial charge in [-0.2, -0.15) is 0 Å². The maximum Gasteiger partial charge on any atom is 0.329 e. The van der Waals surface area contributed by atoms with Crippen LogP contribution in [-0.2, 0) is 13.0 Å². The second kappa shape index (κ2) is 5.75. The Labute approximate surface area is 123 Å². The fraction of sp³-hybridized carbons (Fsp3) is 0.231. The zero-order chi connectivity index (χ0) is 14.0. The quantitative estimate of drug-likeness (QED) is 0.871. The maximum atomic E-state index is 12.2. The molecule has 0 saturated heterocycles. The number of hydrogen-bond acceptors (Lipinski definition) is 2. The van der Waals surface area contributed by atoms with Crippen molar-refractivity contribution in [1.29, 1.82) is 0 Å². The highest BCUT2D eigenvalue weighted by Crippen LogP contribution is 2.16. The molecule has 0 saturated carbocycles. The molecule has 0 spiro atoms. The minimum absolute atomic E-state index is 0.126. The number of hydrogen-bond donors (Lipinski definition) is 1. The monoisotopic (exact) mass is 342 g/mol. The second-order valence-electron chi connectivity index (χ2n) is 4.06. The third kappa shape index (κ3) is 2.82. The van der Waals surface area contributed by atoms with E-state index in [1.54, 1.807) is 0 Å². The molecule has 0 aliphatic heterocycles. The van der Waals surface area contributed by atoms with Crippen molar-refractivity contribution in [1.82, 2.24) is 9.55 Å². The molecule has 0 radical (unpaired) electrons. The molecule has 1 heterocycles. The molecule has 0 amide bonds. The van der Waals surface area contributed by atoms with Crippen molar-refractivity contribution in [2.24, 2.45) is 0 Å². The topological polar surface area (TPSA) is 54.9 Å². The SMILES string of the molecule is CCc1c(Cl)[nH]c(=O)n(Cc2ccccc2Br)c1=O. The Bertz CT molecular complexity index is 721. The van der Waals surface area contributed by atoms with E-state index in [-0.39, 0.29) is 17.3 Å². The minimum atomic E-state index is -0.497. The van der Waals surface area contributed by atoms with Crippen LogP contribution in [0, 0.1) is 0 Å². The standard InChI is InChI=1S/C13H12BrClN2O2/c1-2-9-11(15)16-13(19)17(12(9)18)7-8-5-3-4-6-10(8)14/h3-6H,2,7H2,1H3,(H,16,19). The molecule has 1 aromatic heterocycles. The van der Waals surface area contributed by atoms with Crippen molar-refractivity contribution in [2.75, 3.05) is 0 Å². The van der Waals surface area contributed by atoms with Crippen molar-refractivity contribution in [2.45, 2.75) is 19.9 Å². The van der Waals surface area contributed by atoms with E-state index < -0.39 is 5.69 Å². The van der Waals surface area contributed by atoms with E-state index >= 15 is 0 Å². The van der Waals surface area contributed by atoms with Gasteiger partial charge in [0.25, 0.3) is 5.56 Å². The molecule has 4 nitrogen and oxygen atoms in total. The van der Waals surface area contributed by atoms with Gasteiger partial charge >= 0.3 is 5.69 Å². The van der Waals surface area contributed by atoms with Gasteiger partial charge < -0.3 is 0 Å². The maximum absolute atomic E-state index is 12.2. The van der Waals surface area contributed by atoms with E-state index in [4.69, 9.17) is 11.6 Å². The Kier molecular flexibility index (Phi) is 4.27. The van der Waals surface area contributed by atoms with Gasteiger partial charge in [-0.05, 0) is 18.1 Å². The van der Waals surface area contributed by atoms with Crippen LogP contribution in [0.15, 0.2) is 38.3 Å². The first-order valence-corrected chi connectivity index (χ1v) is 6.96. The van der Waals surface area contributed by atoms with E-state index in [0.29, 0.717) is 12.0 Å². The highest BCUT2D eigenvalue weighted by atomic mass is 79.9. The number of H-pyrrole nitrogens is 1. The molecular weight excluding hydrogens is 332 g/mol. The summed E-state index contributed by atoms with van der Waals surface area (Å²) in [5.74, 6) is 0. The first kappa shape index (κ1) is 14.1. The number of rotatable bonds is 3. The molecule has 0 fully saturated rings. The normalized spacial score (nSPS) is 10.7. The highest BCUT2D eigenvalue weighted by Gasteiger charge is 2.12. The van der Waals surface area contributed by atoms with Gasteiger partial charge in [-0.25, -0.2) is 4.79 Å². The predicted molar refractivity (Wildman–Crippen MR) is 79.0 cm³/mol. The average Bonchev–Trinajstić information content (AvgIpc) is 2.36. The number of halogens is 2. The Balaban J connectivity index is 2.56. The lowest BCUT2D eigenvalue weighted by molar-refractivity contribution is 0.684. The number of aromatic nitrogens is 2. The zero-order valence-electron chi connectivity index (χ0n) is 10.2. The molecule has 2 rings (SSSR count). The Hall–Kier alpha value is -1.33. The van der Waals surface area contributed by atoms with Gasteiger partial charge in [0.15, 0.2) is 0 Å². The molecule has 6 heteroatoms. The van der Waals surface area contributed by atoms with Crippen LogP contribution >= 0.6 is 27.5 Å². The van der Waals surface area contributed by atoms with E-state index in [2.05, 4.69) is 20.9 Å². The van der Waals surface area contributed by atoms with Crippen LogP contribution in [0.1, 0.15) is 18.1 Å². The summed E-state index contributed by atoms with van der Waals surface area (Å²) in [7, 11) is 0. The van der Waals surface area contributed by atoms with Crippen molar-refractivity contribution >= 4 is 27.5 Å². The third-order valence-corrected chi connectivity index (χ3v) is 3.97. The second-order valence-corrected chi connectivity index (χ2v) is 5.29. The van der Waals surface area contributed by atoms with Crippen LogP contribution < -0.4 is 11.2 Å². The lowest BCUT2D eigenvalue weighted by atomic mass is 10.2. The molecule has 0 aliphatic carbocycles. The van der Waals surface area contributed by atoms with Gasteiger partial charge in [-0.1, -0.05) is 52.7 Å². The molecule has 100 valence electrons. The Morgan fingerprint density at radius 3 is 2.63 bits per heavy atom. The highest BCUT2D eigenvalue weighted by molar-refractivity contribution is 9.10. The van der Waals surface area contributed by atoms with E-state index in [0.717, 1.165) is 14.6 Å². The molecule has 2 aromatic rings. The summed E-state index contributed by atoms with van der Waals surface area (Å²) in [6.07, 6.45) is 0.477. The van der Waals surface area contributed by atoms with Crippen LogP contribution in [0.25, 0.3) is 0 Å². The van der Waals surface area contributed by atoms with Crippen molar-refractivity contribution in [3.05, 3.63) is 65.9 Å². The van der Waals surface area contributed by atoms with Crippen LogP contribution in [0.2, 0.25) is 5.15 Å². The summed E-state index contributed by atoms with van der Waals surface area (Å²) < 4.78 is 2.01. The summed E-state index contributed by atoms with van der Waals surface area (Å²) in [6.45, 7) is 2.03. The summed E-state index contributed by atoms with van der Waals surface area (Å²) >= 11 is 9.26. The fourth-order valence-corrected chi connectivity index (χ4v) is 2.54. The molecule has 0 aliphatic rings. The number of nitrogens with one attached hydrogen (secondary N) is 1. The summed E-state index contributed by atoms with van der Waals surface area (Å²) in [4.78, 5) is 26.5. The van der Waals surface area contributed by atoms with Crippen molar-refractivity contribution in [3.8, 4) is 0 Å². The van der Waals surface area contributed by atoms with Gasteiger partial charge in [0.1, 0.15) is 5.15 Å². The van der Waals surface area contributed by atoms with E-state index in [1.165, 1.54) is 0 Å². The minimum Gasteiger partial charge on any atom is -0.297 e. The Morgan fingerprint density at radius 2 is 2.00 bits per heavy atom. The van der Waals surface area contributed by atoms with Crippen LogP contribution in [-0.4, -0.2) is 9.55 Å². The van der Waals surface area contributed by atoms with Crippen LogP contribution in [0.4, 0.5) is 0 Å². The van der Waals surface area contributed by atoms with Gasteiger partial charge in [-0.3, -0.25) is 14.3 Å². The molecular formula is C13H12BrClN2O2. The van der Waals surface area contributed by atoms with Gasteiger partial charge in [0.2, 0.25) is 0 Å². The summed E-state index contributed by atoms with van der Waals surface area (Å²) in [6, 6.07) is 7.46. The summed E-state index contributed by atoms with van der Waals surface area (Å²) in [5, 5.41) is 0.126. The van der Waals surface area contributed by atoms with Gasteiger partial charge in [0.05, 0.1) is 12.1 Å². The smallest absolute Gasteiger partial charge is 0.297 e. The lowest BCUT2D eigenvalue weighted by Gasteiger charge is -2.09. The van der Waals surface area contributed by atoms with Gasteiger partial charge in [-0.15, -0.1) is 0 Å². The molecule has 1 aromatic carbocycles. The van der Waals surface area contributed by atoms with Crippen molar-refractivity contribution in [3.63, 3.8) is 0 Å². The number of aromatic amines is 1. The zero-order valence-corrected chi connectivity index (χ0v) is 12.6. The third-order valence-electron chi connectivity index (χ3n) is 2.87. The van der Waals surface area contributed by atoms with Crippen molar-refractivity contribution < 1.29 is 0 Å². The van der Waals surface area contributed by atoms with E-state index in [9.17, 15) is 9.59 Å².